The minimum Gasteiger partial charge on any atom is -0.378 e. The summed E-state index contributed by atoms with van der Waals surface area (Å²) in [6.07, 6.45) is 7.66. The van der Waals surface area contributed by atoms with E-state index in [-0.39, 0.29) is 24.0 Å². The summed E-state index contributed by atoms with van der Waals surface area (Å²) in [5, 5.41) is 12.0. The molecule has 1 spiro atoms. The summed E-state index contributed by atoms with van der Waals surface area (Å²) in [6, 6.07) is 0.764. The lowest BCUT2D eigenvalue weighted by molar-refractivity contribution is -0.125. The minimum atomic E-state index is 0. The Morgan fingerprint density at radius 1 is 1.31 bits per heavy atom. The average Bonchev–Trinajstić information content (AvgIpc) is 3.25. The van der Waals surface area contributed by atoms with Crippen molar-refractivity contribution < 1.29 is 4.74 Å². The smallest absolute Gasteiger partial charge is 0.191 e. The van der Waals surface area contributed by atoms with Gasteiger partial charge in [0.15, 0.2) is 5.96 Å². The Labute approximate surface area is 193 Å². The molecule has 1 heterocycles. The van der Waals surface area contributed by atoms with Crippen LogP contribution in [-0.2, 0) is 18.2 Å². The Kier molecular flexibility index (Phi) is 8.82. The zero-order chi connectivity index (χ0) is 20.3. The van der Waals surface area contributed by atoms with Crippen molar-refractivity contribution in [3.63, 3.8) is 0 Å². The second kappa shape index (κ2) is 10.5. The van der Waals surface area contributed by atoms with E-state index in [9.17, 15) is 0 Å². The quantitative estimate of drug-likeness (QED) is 0.328. The fourth-order valence-electron chi connectivity index (χ4n) is 5.25. The van der Waals surface area contributed by atoms with E-state index in [4.69, 9.17) is 9.73 Å². The molecule has 0 radical (unpaired) electrons. The van der Waals surface area contributed by atoms with Gasteiger partial charge in [-0.15, -0.1) is 24.0 Å². The van der Waals surface area contributed by atoms with Crippen molar-refractivity contribution in [2.45, 2.75) is 91.3 Å². The van der Waals surface area contributed by atoms with Gasteiger partial charge in [0.05, 0.1) is 11.8 Å². The van der Waals surface area contributed by atoms with E-state index in [1.807, 2.05) is 11.7 Å². The molecule has 2 aliphatic rings. The van der Waals surface area contributed by atoms with E-state index in [1.54, 1.807) is 0 Å². The van der Waals surface area contributed by atoms with Crippen molar-refractivity contribution >= 4 is 29.9 Å². The summed E-state index contributed by atoms with van der Waals surface area (Å²) in [5.41, 5.74) is 4.02. The molecule has 2 N–H and O–H groups in total. The van der Waals surface area contributed by atoms with Crippen LogP contribution in [0.25, 0.3) is 0 Å². The number of aryl methyl sites for hydroxylation is 2. The lowest BCUT2D eigenvalue weighted by atomic mass is 9.60. The number of ether oxygens (including phenoxy) is 1. The number of aromatic nitrogens is 2. The Bertz CT molecular complexity index is 696. The third-order valence-corrected chi connectivity index (χ3v) is 6.87. The van der Waals surface area contributed by atoms with Gasteiger partial charge in [-0.25, -0.2) is 0 Å². The van der Waals surface area contributed by atoms with Crippen LogP contribution in [0.5, 0.6) is 0 Å². The monoisotopic (exact) mass is 517 g/mol. The molecular weight excluding hydrogens is 477 g/mol. The summed E-state index contributed by atoms with van der Waals surface area (Å²) in [4.78, 5) is 4.74. The largest absolute Gasteiger partial charge is 0.378 e. The molecule has 2 saturated carbocycles. The molecule has 166 valence electrons. The Balaban J connectivity index is 0.00000300. The van der Waals surface area contributed by atoms with Gasteiger partial charge in [0.2, 0.25) is 0 Å². The fourth-order valence-corrected chi connectivity index (χ4v) is 5.25. The van der Waals surface area contributed by atoms with Crippen LogP contribution in [0.3, 0.4) is 0 Å². The van der Waals surface area contributed by atoms with Gasteiger partial charge in [0, 0.05) is 43.4 Å². The molecule has 0 aromatic carbocycles. The van der Waals surface area contributed by atoms with Crippen LogP contribution in [0.1, 0.15) is 69.8 Å². The van der Waals surface area contributed by atoms with E-state index < -0.39 is 0 Å². The van der Waals surface area contributed by atoms with Crippen LogP contribution in [0.2, 0.25) is 0 Å². The van der Waals surface area contributed by atoms with Gasteiger partial charge < -0.3 is 15.4 Å². The molecule has 3 rings (SSSR count). The molecule has 2 aliphatic carbocycles. The summed E-state index contributed by atoms with van der Waals surface area (Å²) >= 11 is 0. The molecule has 0 bridgehead atoms. The first-order chi connectivity index (χ1) is 13.4. The van der Waals surface area contributed by atoms with E-state index in [2.05, 4.69) is 50.4 Å². The fraction of sp³-hybridized carbons (Fsp3) is 0.818. The number of nitrogens with zero attached hydrogens (tertiary/aromatic N) is 3. The first-order valence-corrected chi connectivity index (χ1v) is 11.1. The molecule has 3 unspecified atom stereocenters. The highest BCUT2D eigenvalue weighted by molar-refractivity contribution is 14.0. The summed E-state index contributed by atoms with van der Waals surface area (Å²) in [6.45, 7) is 12.3. The highest BCUT2D eigenvalue weighted by atomic mass is 127. The maximum atomic E-state index is 6.07. The van der Waals surface area contributed by atoms with Crippen molar-refractivity contribution in [3.05, 3.63) is 17.0 Å². The van der Waals surface area contributed by atoms with Gasteiger partial charge in [-0.3, -0.25) is 9.67 Å². The zero-order valence-corrected chi connectivity index (χ0v) is 21.4. The van der Waals surface area contributed by atoms with E-state index >= 15 is 0 Å². The number of halogens is 1. The Morgan fingerprint density at radius 3 is 2.55 bits per heavy atom. The van der Waals surface area contributed by atoms with Crippen LogP contribution in [0.15, 0.2) is 4.99 Å². The maximum absolute atomic E-state index is 6.07. The van der Waals surface area contributed by atoms with Gasteiger partial charge in [-0.2, -0.15) is 5.10 Å². The van der Waals surface area contributed by atoms with Crippen LogP contribution < -0.4 is 10.6 Å². The SMILES string of the molecule is CCN=C(NC(C)Cc1c(C)nn(C)c1C)NC1CC(OCC)C12CCCC2.I. The van der Waals surface area contributed by atoms with Gasteiger partial charge in [-0.1, -0.05) is 12.8 Å². The maximum Gasteiger partial charge on any atom is 0.191 e. The van der Waals surface area contributed by atoms with Crippen molar-refractivity contribution in [1.82, 2.24) is 20.4 Å². The molecule has 29 heavy (non-hydrogen) atoms. The summed E-state index contributed by atoms with van der Waals surface area (Å²) < 4.78 is 8.04. The second-order valence-electron chi connectivity index (χ2n) is 8.66. The normalized spacial score (nSPS) is 24.1. The summed E-state index contributed by atoms with van der Waals surface area (Å²) in [5.74, 6) is 0.945. The molecular formula is C22H40IN5O. The topological polar surface area (TPSA) is 63.5 Å². The lowest BCUT2D eigenvalue weighted by Crippen LogP contribution is -2.65. The number of rotatable bonds is 7. The molecule has 0 aliphatic heterocycles. The van der Waals surface area contributed by atoms with Crippen LogP contribution in [-0.4, -0.2) is 47.1 Å². The average molecular weight is 518 g/mol. The molecule has 1 aromatic heterocycles. The lowest BCUT2D eigenvalue weighted by Gasteiger charge is -2.54. The Hall–Kier alpha value is -0.830. The molecule has 1 aromatic rings. The third-order valence-electron chi connectivity index (χ3n) is 6.87. The minimum absolute atomic E-state index is 0. The first kappa shape index (κ1) is 24.4. The zero-order valence-electron chi connectivity index (χ0n) is 19.0. The standard InChI is InChI=1S/C22H39N5O.HI/c1-7-23-21(24-15(3)13-18-16(4)26-27(6)17(18)5)25-19-14-20(28-8-2)22(19)11-9-10-12-22;/h15,19-20H,7-14H2,1-6H3,(H2,23,24,25);1H. The van der Waals surface area contributed by atoms with Crippen molar-refractivity contribution in [1.29, 1.82) is 0 Å². The van der Waals surface area contributed by atoms with E-state index in [1.165, 1.54) is 36.9 Å². The number of aliphatic imine (C=N–C) groups is 1. The van der Waals surface area contributed by atoms with Gasteiger partial charge in [0.25, 0.3) is 0 Å². The Morgan fingerprint density at radius 2 is 2.00 bits per heavy atom. The number of nitrogens with one attached hydrogen (secondary N) is 2. The second-order valence-corrected chi connectivity index (χ2v) is 8.66. The molecule has 6 nitrogen and oxygen atoms in total. The molecule has 7 heteroatoms. The summed E-state index contributed by atoms with van der Waals surface area (Å²) in [7, 11) is 2.02. The highest BCUT2D eigenvalue weighted by Gasteiger charge is 2.57. The third kappa shape index (κ3) is 5.09. The molecule has 0 amide bonds. The molecule has 2 fully saturated rings. The van der Waals surface area contributed by atoms with Crippen LogP contribution >= 0.6 is 24.0 Å². The number of hydrogen-bond donors (Lipinski definition) is 2. The highest BCUT2D eigenvalue weighted by Crippen LogP contribution is 2.54. The van der Waals surface area contributed by atoms with Crippen molar-refractivity contribution in [2.75, 3.05) is 13.2 Å². The molecule has 3 atom stereocenters. The van der Waals surface area contributed by atoms with Crippen molar-refractivity contribution in [2.24, 2.45) is 17.5 Å². The van der Waals surface area contributed by atoms with Gasteiger partial charge in [-0.05, 0) is 65.9 Å². The number of hydrogen-bond acceptors (Lipinski definition) is 3. The van der Waals surface area contributed by atoms with Gasteiger partial charge in [0.1, 0.15) is 0 Å². The predicted octanol–water partition coefficient (Wildman–Crippen LogP) is 3.88. The van der Waals surface area contributed by atoms with E-state index in [0.29, 0.717) is 23.6 Å². The first-order valence-electron chi connectivity index (χ1n) is 11.1. The van der Waals surface area contributed by atoms with Crippen molar-refractivity contribution in [3.8, 4) is 0 Å². The van der Waals surface area contributed by atoms with E-state index in [0.717, 1.165) is 37.6 Å². The molecule has 0 saturated heterocycles. The predicted molar refractivity (Wildman–Crippen MR) is 130 cm³/mol. The number of guanidine groups is 1. The van der Waals surface area contributed by atoms with Crippen LogP contribution in [0.4, 0.5) is 0 Å². The van der Waals surface area contributed by atoms with Gasteiger partial charge >= 0.3 is 0 Å². The van der Waals surface area contributed by atoms with Crippen LogP contribution in [0, 0.1) is 19.3 Å².